The van der Waals surface area contributed by atoms with Crippen molar-refractivity contribution in [1.82, 2.24) is 5.32 Å². The highest BCUT2D eigenvalue weighted by Crippen LogP contribution is 2.28. The Balaban J connectivity index is 2.73. The number of methoxy groups -OCH3 is 1. The van der Waals surface area contributed by atoms with E-state index < -0.39 is 5.97 Å². The molecule has 110 valence electrons. The third-order valence-electron chi connectivity index (χ3n) is 2.28. The Morgan fingerprint density at radius 1 is 1.25 bits per heavy atom. The monoisotopic (exact) mass is 281 g/mol. The molecule has 1 aromatic rings. The molecule has 1 aromatic carbocycles. The zero-order valence-electron chi connectivity index (χ0n) is 12.0. The molecule has 0 aliphatic carbocycles. The summed E-state index contributed by atoms with van der Waals surface area (Å²) in [6.45, 7) is 5.44. The van der Waals surface area contributed by atoms with Crippen LogP contribution in [0, 0.1) is 0 Å². The van der Waals surface area contributed by atoms with Crippen molar-refractivity contribution in [3.05, 3.63) is 23.8 Å². The van der Waals surface area contributed by atoms with Crippen molar-refractivity contribution < 1.29 is 24.2 Å². The van der Waals surface area contributed by atoms with Gasteiger partial charge in [0, 0.05) is 5.54 Å². The molecule has 0 radical (unpaired) electrons. The van der Waals surface area contributed by atoms with Crippen LogP contribution in [0.5, 0.6) is 11.5 Å². The lowest BCUT2D eigenvalue weighted by molar-refractivity contribution is -0.124. The number of benzene rings is 1. The molecule has 0 aliphatic heterocycles. The van der Waals surface area contributed by atoms with Gasteiger partial charge in [0.25, 0.3) is 5.91 Å². The van der Waals surface area contributed by atoms with E-state index in [1.807, 2.05) is 20.8 Å². The van der Waals surface area contributed by atoms with Gasteiger partial charge < -0.3 is 19.9 Å². The Morgan fingerprint density at radius 2 is 1.90 bits per heavy atom. The van der Waals surface area contributed by atoms with Gasteiger partial charge in [-0.2, -0.15) is 0 Å². The lowest BCUT2D eigenvalue weighted by Gasteiger charge is -2.20. The molecule has 20 heavy (non-hydrogen) atoms. The van der Waals surface area contributed by atoms with E-state index in [-0.39, 0.29) is 29.4 Å². The summed E-state index contributed by atoms with van der Waals surface area (Å²) in [5.41, 5.74) is -0.245. The summed E-state index contributed by atoms with van der Waals surface area (Å²) in [7, 11) is 1.41. The number of hydrogen-bond donors (Lipinski definition) is 2. The first-order chi connectivity index (χ1) is 9.23. The molecule has 6 heteroatoms. The molecule has 0 spiro atoms. The minimum atomic E-state index is -1.06. The fraction of sp³-hybridized carbons (Fsp3) is 0.429. The van der Waals surface area contributed by atoms with Gasteiger partial charge in [0.15, 0.2) is 18.1 Å². The SMILES string of the molecule is COc1cc(C(=O)O)ccc1OCC(=O)NC(C)(C)C. The smallest absolute Gasteiger partial charge is 0.335 e. The Morgan fingerprint density at radius 3 is 2.40 bits per heavy atom. The molecular formula is C14H19NO5. The molecule has 0 bridgehead atoms. The van der Waals surface area contributed by atoms with E-state index in [9.17, 15) is 9.59 Å². The van der Waals surface area contributed by atoms with E-state index in [0.29, 0.717) is 5.75 Å². The van der Waals surface area contributed by atoms with Gasteiger partial charge in [0.2, 0.25) is 0 Å². The number of amides is 1. The van der Waals surface area contributed by atoms with Gasteiger partial charge in [0.1, 0.15) is 0 Å². The molecule has 1 rings (SSSR count). The first-order valence-electron chi connectivity index (χ1n) is 6.08. The number of carbonyl (C=O) groups is 2. The van der Waals surface area contributed by atoms with Crippen LogP contribution in [0.2, 0.25) is 0 Å². The van der Waals surface area contributed by atoms with Crippen molar-refractivity contribution in [3.63, 3.8) is 0 Å². The van der Waals surface area contributed by atoms with Crippen LogP contribution in [-0.2, 0) is 4.79 Å². The summed E-state index contributed by atoms with van der Waals surface area (Å²) < 4.78 is 10.4. The van der Waals surface area contributed by atoms with Gasteiger partial charge in [-0.3, -0.25) is 4.79 Å². The number of aromatic carboxylic acids is 1. The average molecular weight is 281 g/mol. The van der Waals surface area contributed by atoms with Gasteiger partial charge >= 0.3 is 5.97 Å². The Kier molecular flexibility index (Phi) is 4.96. The quantitative estimate of drug-likeness (QED) is 0.858. The second-order valence-electron chi connectivity index (χ2n) is 5.26. The fourth-order valence-electron chi connectivity index (χ4n) is 1.52. The maximum absolute atomic E-state index is 11.6. The molecule has 0 unspecified atom stereocenters. The average Bonchev–Trinajstić information content (AvgIpc) is 2.33. The molecule has 0 aliphatic rings. The van der Waals surface area contributed by atoms with E-state index in [2.05, 4.69) is 5.32 Å². The summed E-state index contributed by atoms with van der Waals surface area (Å²) in [5.74, 6) is -0.725. The van der Waals surface area contributed by atoms with Gasteiger partial charge in [-0.15, -0.1) is 0 Å². The van der Waals surface area contributed by atoms with Crippen molar-refractivity contribution in [2.24, 2.45) is 0 Å². The second-order valence-corrected chi connectivity index (χ2v) is 5.26. The van der Waals surface area contributed by atoms with Crippen molar-refractivity contribution >= 4 is 11.9 Å². The first kappa shape index (κ1) is 15.8. The van der Waals surface area contributed by atoms with Crippen LogP contribution in [0.15, 0.2) is 18.2 Å². The maximum atomic E-state index is 11.6. The number of carboxylic acid groups (broad SMARTS) is 1. The van der Waals surface area contributed by atoms with E-state index in [1.54, 1.807) is 0 Å². The highest BCUT2D eigenvalue weighted by Gasteiger charge is 2.15. The normalized spacial score (nSPS) is 10.8. The second kappa shape index (κ2) is 6.27. The van der Waals surface area contributed by atoms with Crippen LogP contribution in [0.1, 0.15) is 31.1 Å². The van der Waals surface area contributed by atoms with Crippen molar-refractivity contribution in [2.75, 3.05) is 13.7 Å². The van der Waals surface area contributed by atoms with Crippen LogP contribution in [0.3, 0.4) is 0 Å². The largest absolute Gasteiger partial charge is 0.493 e. The Bertz CT molecular complexity index is 505. The van der Waals surface area contributed by atoms with E-state index >= 15 is 0 Å². The molecule has 0 heterocycles. The molecule has 0 aromatic heterocycles. The summed E-state index contributed by atoms with van der Waals surface area (Å²) in [6.07, 6.45) is 0. The third-order valence-corrected chi connectivity index (χ3v) is 2.28. The number of carboxylic acids is 1. The summed E-state index contributed by atoms with van der Waals surface area (Å²) in [4.78, 5) is 22.5. The minimum Gasteiger partial charge on any atom is -0.493 e. The van der Waals surface area contributed by atoms with Crippen molar-refractivity contribution in [2.45, 2.75) is 26.3 Å². The predicted molar refractivity (Wildman–Crippen MR) is 73.3 cm³/mol. The standard InChI is InChI=1S/C14H19NO5/c1-14(2,3)15-12(16)8-20-10-6-5-9(13(17)18)7-11(10)19-4/h5-7H,8H2,1-4H3,(H,15,16)(H,17,18). The molecule has 1 amide bonds. The Hall–Kier alpha value is -2.24. The lowest BCUT2D eigenvalue weighted by Crippen LogP contribution is -2.43. The van der Waals surface area contributed by atoms with E-state index in [1.165, 1.54) is 25.3 Å². The number of nitrogens with one attached hydrogen (secondary N) is 1. The third kappa shape index (κ3) is 4.79. The zero-order chi connectivity index (χ0) is 15.3. The predicted octanol–water partition coefficient (Wildman–Crippen LogP) is 1.69. The maximum Gasteiger partial charge on any atom is 0.335 e. The van der Waals surface area contributed by atoms with Crippen molar-refractivity contribution in [1.29, 1.82) is 0 Å². The molecule has 0 saturated heterocycles. The molecule has 0 fully saturated rings. The summed E-state index contributed by atoms with van der Waals surface area (Å²) in [6, 6.07) is 4.20. The van der Waals surface area contributed by atoms with Crippen LogP contribution in [0.4, 0.5) is 0 Å². The molecule has 6 nitrogen and oxygen atoms in total. The van der Waals surface area contributed by atoms with Gasteiger partial charge in [-0.1, -0.05) is 0 Å². The van der Waals surface area contributed by atoms with Crippen molar-refractivity contribution in [3.8, 4) is 11.5 Å². The van der Waals surface area contributed by atoms with Gasteiger partial charge in [-0.25, -0.2) is 4.79 Å². The molecular weight excluding hydrogens is 262 g/mol. The highest BCUT2D eigenvalue weighted by molar-refractivity contribution is 5.88. The molecule has 2 N–H and O–H groups in total. The molecule has 0 atom stereocenters. The fourth-order valence-corrected chi connectivity index (χ4v) is 1.52. The van der Waals surface area contributed by atoms with Crippen LogP contribution < -0.4 is 14.8 Å². The van der Waals surface area contributed by atoms with Crippen LogP contribution in [-0.4, -0.2) is 36.2 Å². The number of carbonyl (C=O) groups excluding carboxylic acids is 1. The summed E-state index contributed by atoms with van der Waals surface area (Å²) in [5, 5.41) is 11.6. The highest BCUT2D eigenvalue weighted by atomic mass is 16.5. The number of ether oxygens (including phenoxy) is 2. The summed E-state index contributed by atoms with van der Waals surface area (Å²) >= 11 is 0. The van der Waals surface area contributed by atoms with Gasteiger partial charge in [0.05, 0.1) is 12.7 Å². The first-order valence-corrected chi connectivity index (χ1v) is 6.08. The lowest BCUT2D eigenvalue weighted by atomic mass is 10.1. The van der Waals surface area contributed by atoms with Gasteiger partial charge in [-0.05, 0) is 39.0 Å². The minimum absolute atomic E-state index is 0.0911. The zero-order valence-corrected chi connectivity index (χ0v) is 12.0. The topological polar surface area (TPSA) is 84.9 Å². The number of rotatable bonds is 5. The number of hydrogen-bond acceptors (Lipinski definition) is 4. The van der Waals surface area contributed by atoms with E-state index in [0.717, 1.165) is 0 Å². The van der Waals surface area contributed by atoms with E-state index in [4.69, 9.17) is 14.6 Å². The van der Waals surface area contributed by atoms with Crippen LogP contribution in [0.25, 0.3) is 0 Å². The Labute approximate surface area is 117 Å². The van der Waals surface area contributed by atoms with Crippen LogP contribution >= 0.6 is 0 Å². The molecule has 0 saturated carbocycles.